The van der Waals surface area contributed by atoms with Gasteiger partial charge < -0.3 is 18.9 Å². The van der Waals surface area contributed by atoms with Crippen LogP contribution in [0.15, 0.2) is 72.8 Å². The number of para-hydroxylation sites is 4. The number of hydrogen-bond acceptors (Lipinski definition) is 4. The van der Waals surface area contributed by atoms with Crippen LogP contribution in [-0.2, 0) is 11.3 Å². The van der Waals surface area contributed by atoms with E-state index in [1.165, 1.54) is 5.56 Å². The van der Waals surface area contributed by atoms with E-state index in [1.807, 2.05) is 78.6 Å². The van der Waals surface area contributed by atoms with Gasteiger partial charge >= 0.3 is 0 Å². The summed E-state index contributed by atoms with van der Waals surface area (Å²) in [5, 5.41) is 0. The Morgan fingerprint density at radius 3 is 2.48 bits per heavy atom. The zero-order chi connectivity index (χ0) is 22.8. The van der Waals surface area contributed by atoms with Gasteiger partial charge in [-0.3, -0.25) is 4.79 Å². The number of amides is 1. The van der Waals surface area contributed by atoms with Gasteiger partial charge in [0.2, 0.25) is 5.91 Å². The van der Waals surface area contributed by atoms with Crippen LogP contribution in [0.3, 0.4) is 0 Å². The molecule has 0 bridgehead atoms. The van der Waals surface area contributed by atoms with Gasteiger partial charge in [-0.05, 0) is 43.3 Å². The minimum Gasteiger partial charge on any atom is -0.493 e. The summed E-state index contributed by atoms with van der Waals surface area (Å²) in [6.07, 6.45) is 0.449. The average Bonchev–Trinajstić information content (AvgIpc) is 3.40. The Hall–Kier alpha value is -3.80. The van der Waals surface area contributed by atoms with Crippen LogP contribution in [0.5, 0.6) is 11.5 Å². The van der Waals surface area contributed by atoms with Crippen molar-refractivity contribution in [2.24, 2.45) is 0 Å². The highest BCUT2D eigenvalue weighted by atomic mass is 16.5. The molecule has 4 aromatic rings. The van der Waals surface area contributed by atoms with Crippen molar-refractivity contribution in [2.45, 2.75) is 25.8 Å². The summed E-state index contributed by atoms with van der Waals surface area (Å²) in [6, 6.07) is 23.9. The number of methoxy groups -OCH3 is 1. The smallest absolute Gasteiger partial charge is 0.227 e. The fourth-order valence-electron chi connectivity index (χ4n) is 4.48. The van der Waals surface area contributed by atoms with E-state index in [0.717, 1.165) is 22.5 Å². The van der Waals surface area contributed by atoms with Gasteiger partial charge in [0, 0.05) is 24.6 Å². The van der Waals surface area contributed by atoms with Crippen LogP contribution in [0.1, 0.15) is 23.7 Å². The van der Waals surface area contributed by atoms with Gasteiger partial charge in [-0.2, -0.15) is 0 Å². The van der Waals surface area contributed by atoms with Gasteiger partial charge in [-0.25, -0.2) is 4.98 Å². The summed E-state index contributed by atoms with van der Waals surface area (Å²) in [7, 11) is 1.64. The Kier molecular flexibility index (Phi) is 5.73. The number of aryl methyl sites for hydroxylation is 1. The Labute approximate surface area is 193 Å². The lowest BCUT2D eigenvalue weighted by molar-refractivity contribution is -0.117. The van der Waals surface area contributed by atoms with Crippen molar-refractivity contribution in [1.29, 1.82) is 0 Å². The second kappa shape index (κ2) is 8.98. The molecule has 1 fully saturated rings. The molecule has 0 aliphatic carbocycles. The largest absolute Gasteiger partial charge is 0.493 e. The molecule has 2 heterocycles. The molecule has 6 heteroatoms. The zero-order valence-electron chi connectivity index (χ0n) is 18.9. The summed E-state index contributed by atoms with van der Waals surface area (Å²) in [6.45, 7) is 3.77. The van der Waals surface area contributed by atoms with Crippen molar-refractivity contribution in [3.05, 3.63) is 84.2 Å². The molecule has 0 spiro atoms. The first-order valence-electron chi connectivity index (χ1n) is 11.2. The van der Waals surface area contributed by atoms with Crippen LogP contribution < -0.4 is 14.4 Å². The van der Waals surface area contributed by atoms with Crippen LogP contribution in [0.4, 0.5) is 5.69 Å². The molecule has 1 saturated heterocycles. The minimum atomic E-state index is 0.0254. The van der Waals surface area contributed by atoms with Crippen molar-refractivity contribution in [3.8, 4) is 11.5 Å². The number of imidazole rings is 1. The predicted molar refractivity (Wildman–Crippen MR) is 129 cm³/mol. The molecule has 1 atom stereocenters. The van der Waals surface area contributed by atoms with Gasteiger partial charge in [-0.1, -0.05) is 42.0 Å². The van der Waals surface area contributed by atoms with Gasteiger partial charge in [0.05, 0.1) is 24.7 Å². The Morgan fingerprint density at radius 2 is 1.70 bits per heavy atom. The molecule has 0 unspecified atom stereocenters. The second-order valence-electron chi connectivity index (χ2n) is 8.35. The van der Waals surface area contributed by atoms with E-state index >= 15 is 0 Å². The van der Waals surface area contributed by atoms with Gasteiger partial charge in [-0.15, -0.1) is 0 Å². The van der Waals surface area contributed by atoms with Gasteiger partial charge in [0.1, 0.15) is 12.4 Å². The predicted octanol–water partition coefficient (Wildman–Crippen LogP) is 4.95. The van der Waals surface area contributed by atoms with E-state index in [4.69, 9.17) is 14.5 Å². The Balaban J connectivity index is 1.40. The van der Waals surface area contributed by atoms with E-state index in [0.29, 0.717) is 37.6 Å². The van der Waals surface area contributed by atoms with Crippen LogP contribution in [0, 0.1) is 6.92 Å². The van der Waals surface area contributed by atoms with Crippen LogP contribution in [-0.4, -0.2) is 35.7 Å². The number of rotatable bonds is 7. The first kappa shape index (κ1) is 21.1. The van der Waals surface area contributed by atoms with Gasteiger partial charge in [0.15, 0.2) is 11.5 Å². The summed E-state index contributed by atoms with van der Waals surface area (Å²) in [5.74, 6) is 2.52. The zero-order valence-corrected chi connectivity index (χ0v) is 18.9. The molecule has 1 aromatic heterocycles. The molecule has 1 aliphatic rings. The summed E-state index contributed by atoms with van der Waals surface area (Å²) in [4.78, 5) is 19.7. The second-order valence-corrected chi connectivity index (χ2v) is 8.35. The maximum Gasteiger partial charge on any atom is 0.227 e. The maximum atomic E-state index is 12.9. The molecule has 5 rings (SSSR count). The highest BCUT2D eigenvalue weighted by Gasteiger charge is 2.34. The fourth-order valence-corrected chi connectivity index (χ4v) is 4.48. The van der Waals surface area contributed by atoms with Crippen molar-refractivity contribution in [1.82, 2.24) is 9.55 Å². The number of anilines is 1. The van der Waals surface area contributed by atoms with E-state index in [2.05, 4.69) is 10.6 Å². The molecule has 0 saturated carbocycles. The molecular formula is C27H27N3O3. The van der Waals surface area contributed by atoms with E-state index in [1.54, 1.807) is 7.11 Å². The lowest BCUT2D eigenvalue weighted by Crippen LogP contribution is -2.24. The average molecular weight is 442 g/mol. The number of benzene rings is 3. The third-order valence-corrected chi connectivity index (χ3v) is 6.16. The summed E-state index contributed by atoms with van der Waals surface area (Å²) in [5.41, 5.74) is 4.11. The molecule has 6 nitrogen and oxygen atoms in total. The lowest BCUT2D eigenvalue weighted by Gasteiger charge is -2.18. The SMILES string of the molecule is COc1ccccc1OCCn1c([C@H]2CC(=O)N(c3ccc(C)cc3)C2)nc2ccccc21. The fraction of sp³-hybridized carbons (Fsp3) is 0.259. The van der Waals surface area contributed by atoms with Crippen LogP contribution in [0.2, 0.25) is 0 Å². The monoisotopic (exact) mass is 441 g/mol. The van der Waals surface area contributed by atoms with E-state index in [9.17, 15) is 4.79 Å². The normalized spacial score (nSPS) is 15.9. The molecule has 1 aliphatic heterocycles. The van der Waals surface area contributed by atoms with Gasteiger partial charge in [0.25, 0.3) is 0 Å². The molecule has 0 N–H and O–H groups in total. The number of nitrogens with zero attached hydrogens (tertiary/aromatic N) is 3. The van der Waals surface area contributed by atoms with Crippen molar-refractivity contribution >= 4 is 22.6 Å². The van der Waals surface area contributed by atoms with Crippen LogP contribution in [0.25, 0.3) is 11.0 Å². The van der Waals surface area contributed by atoms with Crippen molar-refractivity contribution in [3.63, 3.8) is 0 Å². The van der Waals surface area contributed by atoms with Crippen molar-refractivity contribution in [2.75, 3.05) is 25.2 Å². The molecule has 168 valence electrons. The molecule has 33 heavy (non-hydrogen) atoms. The van der Waals surface area contributed by atoms with Crippen molar-refractivity contribution < 1.29 is 14.3 Å². The number of hydrogen-bond donors (Lipinski definition) is 0. The quantitative estimate of drug-likeness (QED) is 0.407. The Bertz CT molecular complexity index is 1280. The van der Waals surface area contributed by atoms with Crippen LogP contribution >= 0.6 is 0 Å². The number of fused-ring (bicyclic) bond motifs is 1. The van der Waals surface area contributed by atoms with E-state index < -0.39 is 0 Å². The number of ether oxygens (including phenoxy) is 2. The molecule has 3 aromatic carbocycles. The molecule has 1 amide bonds. The third kappa shape index (κ3) is 4.16. The lowest BCUT2D eigenvalue weighted by atomic mass is 10.1. The molecular weight excluding hydrogens is 414 g/mol. The first-order valence-corrected chi connectivity index (χ1v) is 11.2. The summed E-state index contributed by atoms with van der Waals surface area (Å²) < 4.78 is 13.6. The van der Waals surface area contributed by atoms with E-state index in [-0.39, 0.29) is 11.8 Å². The standard InChI is InChI=1S/C27H27N3O3/c1-19-11-13-21(14-12-19)30-18-20(17-26(30)31)27-28-22-7-3-4-8-23(22)29(27)15-16-33-25-10-6-5-9-24(25)32-2/h3-14,20H,15-18H2,1-2H3/t20-/m0/s1. The minimum absolute atomic E-state index is 0.0254. The highest BCUT2D eigenvalue weighted by molar-refractivity contribution is 5.96. The first-order chi connectivity index (χ1) is 16.1. The highest BCUT2D eigenvalue weighted by Crippen LogP contribution is 2.33. The Morgan fingerprint density at radius 1 is 0.970 bits per heavy atom. The summed E-state index contributed by atoms with van der Waals surface area (Å²) >= 11 is 0. The maximum absolute atomic E-state index is 12.9. The molecule has 0 radical (unpaired) electrons. The number of carbonyl (C=O) groups is 1. The third-order valence-electron chi connectivity index (χ3n) is 6.16. The number of carbonyl (C=O) groups excluding carboxylic acids is 1. The number of aromatic nitrogens is 2. The topological polar surface area (TPSA) is 56.6 Å².